The monoisotopic (exact) mass is 410 g/mol. The molecule has 1 aliphatic rings. The Labute approximate surface area is 165 Å². The van der Waals surface area contributed by atoms with Gasteiger partial charge in [0.25, 0.3) is 5.56 Å². The highest BCUT2D eigenvalue weighted by Crippen LogP contribution is 2.23. The molecule has 0 unspecified atom stereocenters. The number of nitrogens with one attached hydrogen (secondary N) is 2. The second-order valence-electron chi connectivity index (χ2n) is 7.23. The van der Waals surface area contributed by atoms with Crippen LogP contribution in [-0.4, -0.2) is 36.7 Å². The third-order valence-corrected chi connectivity index (χ3v) is 5.57. The van der Waals surface area contributed by atoms with Gasteiger partial charge in [-0.05, 0) is 30.4 Å². The summed E-state index contributed by atoms with van der Waals surface area (Å²) in [4.78, 5) is 53.0. The smallest absolute Gasteiger partial charge is 0.332 e. The number of urea groups is 1. The van der Waals surface area contributed by atoms with Crippen molar-refractivity contribution in [1.82, 2.24) is 29.3 Å². The van der Waals surface area contributed by atoms with E-state index in [4.69, 9.17) is 11.6 Å². The van der Waals surface area contributed by atoms with E-state index in [1.54, 1.807) is 0 Å². The van der Waals surface area contributed by atoms with Gasteiger partial charge in [0.2, 0.25) is 11.2 Å². The quantitative estimate of drug-likeness (QED) is 0.713. The second kappa shape index (κ2) is 7.78. The first-order valence-corrected chi connectivity index (χ1v) is 9.50. The molecule has 2 aromatic heterocycles. The number of carbonyl (C=O) groups is 2. The Balaban J connectivity index is 1.78. The van der Waals surface area contributed by atoms with Crippen molar-refractivity contribution in [3.05, 3.63) is 26.1 Å². The minimum absolute atomic E-state index is 0.0195. The predicted molar refractivity (Wildman–Crippen MR) is 103 cm³/mol. The Morgan fingerprint density at radius 3 is 2.54 bits per heavy atom. The highest BCUT2D eigenvalue weighted by atomic mass is 35.5. The number of halogens is 1. The number of hydrogen-bond donors (Lipinski definition) is 2. The van der Waals surface area contributed by atoms with Gasteiger partial charge in [-0.3, -0.25) is 28.6 Å². The third kappa shape index (κ3) is 3.68. The van der Waals surface area contributed by atoms with Gasteiger partial charge in [0.15, 0.2) is 11.2 Å². The van der Waals surface area contributed by atoms with E-state index in [-0.39, 0.29) is 29.0 Å². The van der Waals surface area contributed by atoms with E-state index >= 15 is 0 Å². The van der Waals surface area contributed by atoms with Crippen LogP contribution in [0.5, 0.6) is 0 Å². The molecule has 1 saturated carbocycles. The van der Waals surface area contributed by atoms with Gasteiger partial charge in [0.05, 0.1) is 0 Å². The molecule has 2 heterocycles. The van der Waals surface area contributed by atoms with Crippen LogP contribution in [0.4, 0.5) is 4.79 Å². The number of aryl methyl sites for hydroxylation is 1. The molecule has 0 saturated heterocycles. The van der Waals surface area contributed by atoms with Crippen molar-refractivity contribution in [1.29, 1.82) is 0 Å². The van der Waals surface area contributed by atoms with Crippen molar-refractivity contribution in [2.75, 3.05) is 0 Å². The Hall–Kier alpha value is -2.62. The fraction of sp³-hybridized carbons (Fsp3) is 0.588. The molecule has 0 aromatic carbocycles. The van der Waals surface area contributed by atoms with Crippen molar-refractivity contribution >= 4 is 34.7 Å². The van der Waals surface area contributed by atoms with Crippen molar-refractivity contribution in [2.45, 2.75) is 45.2 Å². The summed E-state index contributed by atoms with van der Waals surface area (Å²) < 4.78 is 3.27. The number of rotatable bonds is 3. The lowest BCUT2D eigenvalue weighted by molar-refractivity contribution is -0.120. The molecule has 2 aromatic rings. The summed E-state index contributed by atoms with van der Waals surface area (Å²) in [6.45, 7) is 1.69. The van der Waals surface area contributed by atoms with Crippen LogP contribution in [0, 0.1) is 5.92 Å². The normalized spacial score (nSPS) is 19.6. The molecule has 3 amide bonds. The van der Waals surface area contributed by atoms with Crippen LogP contribution in [0.1, 0.15) is 32.6 Å². The molecule has 10 nitrogen and oxygen atoms in total. The van der Waals surface area contributed by atoms with Crippen molar-refractivity contribution in [2.24, 2.45) is 20.0 Å². The molecular formula is C17H23ClN6O4. The molecule has 2 atom stereocenters. The summed E-state index contributed by atoms with van der Waals surface area (Å²) in [6, 6.07) is -0.550. The van der Waals surface area contributed by atoms with Gasteiger partial charge in [-0.1, -0.05) is 19.8 Å². The first kappa shape index (κ1) is 20.1. The maximum atomic E-state index is 12.5. The minimum atomic E-state index is -0.641. The largest absolute Gasteiger partial charge is 0.335 e. The molecule has 0 aliphatic heterocycles. The minimum Gasteiger partial charge on any atom is -0.335 e. The molecule has 3 rings (SSSR count). The van der Waals surface area contributed by atoms with Crippen molar-refractivity contribution in [3.8, 4) is 0 Å². The second-order valence-corrected chi connectivity index (χ2v) is 7.57. The highest BCUT2D eigenvalue weighted by Gasteiger charge is 2.24. The summed E-state index contributed by atoms with van der Waals surface area (Å²) in [5, 5.41) is 4.97. The number of nitrogens with zero attached hydrogens (tertiary/aromatic N) is 4. The van der Waals surface area contributed by atoms with Gasteiger partial charge >= 0.3 is 11.7 Å². The van der Waals surface area contributed by atoms with Crippen LogP contribution in [0.25, 0.3) is 11.2 Å². The van der Waals surface area contributed by atoms with Crippen molar-refractivity contribution < 1.29 is 9.59 Å². The Morgan fingerprint density at radius 2 is 1.86 bits per heavy atom. The zero-order valence-electron chi connectivity index (χ0n) is 16.0. The molecular weight excluding hydrogens is 388 g/mol. The molecule has 11 heteroatoms. The molecule has 2 N–H and O–H groups in total. The summed E-state index contributed by atoms with van der Waals surface area (Å²) in [6.07, 6.45) is 4.10. The number of fused-ring (bicyclic) bond motifs is 1. The maximum absolute atomic E-state index is 12.5. The summed E-state index contributed by atoms with van der Waals surface area (Å²) >= 11 is 6.08. The van der Waals surface area contributed by atoms with Crippen LogP contribution in [0.2, 0.25) is 5.28 Å². The standard InChI is InChI=1S/C17H23ClN6O4/c1-9-6-4-5-7-10(9)19-16(27)20-11(25)8-24-12-13(21-15(24)18)22(2)17(28)23(3)14(12)26/h9-10H,4-8H2,1-3H3,(H2,19,20,25,27)/t9-,10+/m0/s1. The lowest BCUT2D eigenvalue weighted by atomic mass is 9.86. The van der Waals surface area contributed by atoms with E-state index in [1.165, 1.54) is 23.2 Å². The van der Waals surface area contributed by atoms with Gasteiger partial charge in [-0.15, -0.1) is 0 Å². The zero-order valence-corrected chi connectivity index (χ0v) is 16.7. The first-order valence-electron chi connectivity index (χ1n) is 9.12. The van der Waals surface area contributed by atoms with Gasteiger partial charge in [-0.25, -0.2) is 9.59 Å². The number of imide groups is 1. The Kier molecular flexibility index (Phi) is 5.59. The number of amides is 3. The average molecular weight is 411 g/mol. The molecule has 152 valence electrons. The Bertz CT molecular complexity index is 1050. The average Bonchev–Trinajstić information content (AvgIpc) is 2.96. The summed E-state index contributed by atoms with van der Waals surface area (Å²) in [7, 11) is 2.78. The van der Waals surface area contributed by atoms with Crippen molar-refractivity contribution in [3.63, 3.8) is 0 Å². The summed E-state index contributed by atoms with van der Waals surface area (Å²) in [5.74, 6) is -0.288. The van der Waals surface area contributed by atoms with E-state index in [0.29, 0.717) is 5.92 Å². The topological polar surface area (TPSA) is 120 Å². The van der Waals surface area contributed by atoms with Gasteiger partial charge < -0.3 is 5.32 Å². The first-order chi connectivity index (χ1) is 13.2. The van der Waals surface area contributed by atoms with Crippen LogP contribution in [0.15, 0.2) is 9.59 Å². The molecule has 0 spiro atoms. The third-order valence-electron chi connectivity index (χ3n) is 5.28. The lowest BCUT2D eigenvalue weighted by Crippen LogP contribution is -2.48. The highest BCUT2D eigenvalue weighted by molar-refractivity contribution is 6.29. The molecule has 28 heavy (non-hydrogen) atoms. The van der Waals surface area contributed by atoms with Gasteiger partial charge in [0.1, 0.15) is 6.54 Å². The van der Waals surface area contributed by atoms with Crippen LogP contribution >= 0.6 is 11.6 Å². The maximum Gasteiger partial charge on any atom is 0.332 e. The number of imidazole rings is 1. The fourth-order valence-electron chi connectivity index (χ4n) is 3.61. The Morgan fingerprint density at radius 1 is 1.18 bits per heavy atom. The fourth-order valence-corrected chi connectivity index (χ4v) is 3.83. The van der Waals surface area contributed by atoms with E-state index in [9.17, 15) is 19.2 Å². The van der Waals surface area contributed by atoms with Crippen LogP contribution in [-0.2, 0) is 25.4 Å². The van der Waals surface area contributed by atoms with Crippen LogP contribution < -0.4 is 21.9 Å². The zero-order chi connectivity index (χ0) is 20.6. The molecule has 0 bridgehead atoms. The van der Waals surface area contributed by atoms with E-state index < -0.39 is 23.2 Å². The molecule has 0 radical (unpaired) electrons. The van der Waals surface area contributed by atoms with Crippen LogP contribution in [0.3, 0.4) is 0 Å². The van der Waals surface area contributed by atoms with E-state index in [0.717, 1.165) is 30.3 Å². The molecule has 1 aliphatic carbocycles. The van der Waals surface area contributed by atoms with Gasteiger partial charge in [0, 0.05) is 20.1 Å². The van der Waals surface area contributed by atoms with E-state index in [1.807, 2.05) is 0 Å². The van der Waals surface area contributed by atoms with Gasteiger partial charge in [-0.2, -0.15) is 4.98 Å². The number of hydrogen-bond acceptors (Lipinski definition) is 5. The number of aromatic nitrogens is 4. The summed E-state index contributed by atoms with van der Waals surface area (Å²) in [5.41, 5.74) is -1.08. The SMILES string of the molecule is C[C@H]1CCCC[C@H]1NC(=O)NC(=O)Cn1c(Cl)nc2c1c(=O)n(C)c(=O)n2C. The van der Waals surface area contributed by atoms with E-state index in [2.05, 4.69) is 22.5 Å². The molecule has 1 fully saturated rings. The number of carbonyl (C=O) groups excluding carboxylic acids is 2. The lowest BCUT2D eigenvalue weighted by Gasteiger charge is -2.29. The predicted octanol–water partition coefficient (Wildman–Crippen LogP) is 0.492.